The molecule has 0 fully saturated rings. The van der Waals surface area contributed by atoms with Crippen LogP contribution in [0.1, 0.15) is 57.5 Å². The monoisotopic (exact) mass is 373 g/mol. The number of aryl methyl sites for hydroxylation is 1. The maximum Gasteiger partial charge on any atom is 0.349 e. The number of amides is 1. The van der Waals surface area contributed by atoms with Gasteiger partial charge in [0.25, 0.3) is 5.91 Å². The van der Waals surface area contributed by atoms with Crippen LogP contribution in [0.25, 0.3) is 6.08 Å². The smallest absolute Gasteiger partial charge is 0.349 e. The molecule has 0 aliphatic heterocycles. The average molecular weight is 373 g/mol. The first-order chi connectivity index (χ1) is 12.7. The highest BCUT2D eigenvalue weighted by Gasteiger charge is 2.16. The largest absolute Gasteiger partial charge is 0.451 e. The van der Waals surface area contributed by atoms with Gasteiger partial charge in [-0.15, -0.1) is 0 Å². The van der Waals surface area contributed by atoms with Gasteiger partial charge in [0.15, 0.2) is 6.61 Å². The average Bonchev–Trinajstić information content (AvgIpc) is 2.88. The lowest BCUT2D eigenvalue weighted by Gasteiger charge is -2.11. The molecule has 1 amide bonds. The molecule has 0 spiro atoms. The van der Waals surface area contributed by atoms with E-state index < -0.39 is 12.6 Å². The van der Waals surface area contributed by atoms with Gasteiger partial charge in [-0.2, -0.15) is 5.26 Å². The fourth-order valence-electron chi connectivity index (χ4n) is 2.62. The maximum atomic E-state index is 12.2. The molecule has 1 unspecified atom stereocenters. The van der Waals surface area contributed by atoms with Crippen LogP contribution < -0.4 is 5.32 Å². The molecule has 0 aliphatic rings. The summed E-state index contributed by atoms with van der Waals surface area (Å²) in [5.41, 5.74) is 2.78. The van der Waals surface area contributed by atoms with E-state index in [1.165, 1.54) is 6.08 Å². The van der Waals surface area contributed by atoms with Gasteiger partial charge in [-0.25, -0.2) is 4.79 Å². The van der Waals surface area contributed by atoms with Crippen LogP contribution in [0, 0.1) is 31.1 Å². The summed E-state index contributed by atoms with van der Waals surface area (Å²) >= 11 is 0. The summed E-state index contributed by atoms with van der Waals surface area (Å²) in [5.74, 6) is -0.568. The number of carbonyl (C=O) groups is 2. The Labute approximate surface area is 162 Å². The molecule has 1 rings (SSSR count). The van der Waals surface area contributed by atoms with E-state index in [4.69, 9.17) is 4.74 Å². The van der Waals surface area contributed by atoms with E-state index in [9.17, 15) is 14.9 Å². The number of carbonyl (C=O) groups excluding carboxylic acids is 2. The van der Waals surface area contributed by atoms with Gasteiger partial charge in [-0.1, -0.05) is 20.8 Å². The number of nitriles is 1. The molecular formula is C21H31N3O3. The SMILES string of the molecule is CCC(C)NC(=O)COC(=O)/C(C#N)=C/c1cc(C)n(CCC(C)C)c1C. The van der Waals surface area contributed by atoms with Crippen LogP contribution >= 0.6 is 0 Å². The molecule has 0 radical (unpaired) electrons. The lowest BCUT2D eigenvalue weighted by atomic mass is 10.1. The number of nitrogens with one attached hydrogen (secondary N) is 1. The fourth-order valence-corrected chi connectivity index (χ4v) is 2.62. The summed E-state index contributed by atoms with van der Waals surface area (Å²) in [4.78, 5) is 23.9. The predicted octanol–water partition coefficient (Wildman–Crippen LogP) is 3.52. The van der Waals surface area contributed by atoms with Crippen molar-refractivity contribution in [1.29, 1.82) is 5.26 Å². The van der Waals surface area contributed by atoms with Crippen LogP contribution in [0.4, 0.5) is 0 Å². The molecule has 1 aromatic heterocycles. The molecule has 1 atom stereocenters. The van der Waals surface area contributed by atoms with Gasteiger partial charge in [0.1, 0.15) is 11.6 Å². The van der Waals surface area contributed by atoms with Gasteiger partial charge in [-0.05, 0) is 57.2 Å². The summed E-state index contributed by atoms with van der Waals surface area (Å²) in [7, 11) is 0. The topological polar surface area (TPSA) is 84.1 Å². The van der Waals surface area contributed by atoms with E-state index in [1.807, 2.05) is 39.8 Å². The minimum atomic E-state index is -0.788. The van der Waals surface area contributed by atoms with Crippen molar-refractivity contribution in [3.05, 3.63) is 28.6 Å². The van der Waals surface area contributed by atoms with Crippen LogP contribution in [0.15, 0.2) is 11.6 Å². The van der Waals surface area contributed by atoms with Gasteiger partial charge in [-0.3, -0.25) is 4.79 Å². The van der Waals surface area contributed by atoms with Crippen molar-refractivity contribution in [3.8, 4) is 6.07 Å². The number of aromatic nitrogens is 1. The second-order valence-corrected chi connectivity index (χ2v) is 7.28. The second-order valence-electron chi connectivity index (χ2n) is 7.28. The minimum absolute atomic E-state index is 0.0124. The van der Waals surface area contributed by atoms with Crippen molar-refractivity contribution >= 4 is 18.0 Å². The molecule has 0 aliphatic carbocycles. The Morgan fingerprint density at radius 2 is 2.00 bits per heavy atom. The van der Waals surface area contributed by atoms with Crippen molar-refractivity contribution in [3.63, 3.8) is 0 Å². The zero-order valence-corrected chi connectivity index (χ0v) is 17.3. The van der Waals surface area contributed by atoms with Crippen LogP contribution in [0.3, 0.4) is 0 Å². The predicted molar refractivity (Wildman–Crippen MR) is 106 cm³/mol. The lowest BCUT2D eigenvalue weighted by Crippen LogP contribution is -2.35. The lowest BCUT2D eigenvalue weighted by molar-refractivity contribution is -0.144. The second kappa shape index (κ2) is 10.6. The molecule has 0 aromatic carbocycles. The molecule has 6 heteroatoms. The summed E-state index contributed by atoms with van der Waals surface area (Å²) in [5, 5.41) is 12.0. The van der Waals surface area contributed by atoms with E-state index in [2.05, 4.69) is 23.7 Å². The van der Waals surface area contributed by atoms with Gasteiger partial charge in [0.05, 0.1) is 0 Å². The summed E-state index contributed by atoms with van der Waals surface area (Å²) < 4.78 is 7.17. The van der Waals surface area contributed by atoms with Crippen molar-refractivity contribution < 1.29 is 14.3 Å². The van der Waals surface area contributed by atoms with Gasteiger partial charge in [0.2, 0.25) is 0 Å². The summed E-state index contributed by atoms with van der Waals surface area (Å²) in [6.45, 7) is 12.7. The Hall–Kier alpha value is -2.55. The normalized spacial score (nSPS) is 12.6. The Bertz CT molecular complexity index is 739. The molecule has 1 N–H and O–H groups in total. The number of hydrogen-bond acceptors (Lipinski definition) is 4. The van der Waals surface area contributed by atoms with E-state index in [0.717, 1.165) is 36.3 Å². The van der Waals surface area contributed by atoms with E-state index in [-0.39, 0.29) is 17.5 Å². The number of ether oxygens (including phenoxy) is 1. The summed E-state index contributed by atoms with van der Waals surface area (Å²) in [6.07, 6.45) is 3.37. The highest BCUT2D eigenvalue weighted by molar-refractivity contribution is 5.99. The molecule has 1 aromatic rings. The third kappa shape index (κ3) is 6.93. The van der Waals surface area contributed by atoms with Crippen molar-refractivity contribution in [2.45, 2.75) is 67.0 Å². The van der Waals surface area contributed by atoms with E-state index in [1.54, 1.807) is 0 Å². The first-order valence-electron chi connectivity index (χ1n) is 9.44. The van der Waals surface area contributed by atoms with Crippen molar-refractivity contribution in [2.24, 2.45) is 5.92 Å². The molecule has 0 saturated heterocycles. The van der Waals surface area contributed by atoms with Gasteiger partial charge < -0.3 is 14.6 Å². The Balaban J connectivity index is 2.85. The number of esters is 1. The van der Waals surface area contributed by atoms with E-state index >= 15 is 0 Å². The molecule has 148 valence electrons. The van der Waals surface area contributed by atoms with Crippen LogP contribution in [-0.2, 0) is 20.9 Å². The Morgan fingerprint density at radius 1 is 1.33 bits per heavy atom. The number of hydrogen-bond donors (Lipinski definition) is 1. The zero-order valence-electron chi connectivity index (χ0n) is 17.3. The molecular weight excluding hydrogens is 342 g/mol. The van der Waals surface area contributed by atoms with Crippen molar-refractivity contribution in [2.75, 3.05) is 6.61 Å². The highest BCUT2D eigenvalue weighted by atomic mass is 16.5. The van der Waals surface area contributed by atoms with E-state index in [0.29, 0.717) is 5.92 Å². The number of nitrogens with zero attached hydrogens (tertiary/aromatic N) is 2. The molecule has 1 heterocycles. The summed E-state index contributed by atoms with van der Waals surface area (Å²) in [6, 6.07) is 3.84. The van der Waals surface area contributed by atoms with Crippen LogP contribution in [0.5, 0.6) is 0 Å². The third-order valence-electron chi connectivity index (χ3n) is 4.54. The Kier molecular flexibility index (Phi) is 8.80. The zero-order chi connectivity index (χ0) is 20.6. The van der Waals surface area contributed by atoms with Crippen LogP contribution in [-0.4, -0.2) is 29.1 Å². The fraction of sp³-hybridized carbons (Fsp3) is 0.571. The van der Waals surface area contributed by atoms with Crippen LogP contribution in [0.2, 0.25) is 0 Å². The highest BCUT2D eigenvalue weighted by Crippen LogP contribution is 2.20. The van der Waals surface area contributed by atoms with Crippen molar-refractivity contribution in [1.82, 2.24) is 9.88 Å². The number of rotatable bonds is 9. The van der Waals surface area contributed by atoms with Gasteiger partial charge in [0, 0.05) is 24.0 Å². The third-order valence-corrected chi connectivity index (χ3v) is 4.54. The minimum Gasteiger partial charge on any atom is -0.451 e. The molecule has 6 nitrogen and oxygen atoms in total. The Morgan fingerprint density at radius 3 is 2.56 bits per heavy atom. The molecule has 0 saturated carbocycles. The molecule has 27 heavy (non-hydrogen) atoms. The quantitative estimate of drug-likeness (QED) is 0.408. The van der Waals surface area contributed by atoms with Gasteiger partial charge >= 0.3 is 5.97 Å². The molecule has 0 bridgehead atoms. The maximum absolute atomic E-state index is 12.2. The first-order valence-corrected chi connectivity index (χ1v) is 9.44. The first kappa shape index (κ1) is 22.5. The standard InChI is InChI=1S/C21H31N3O3/c1-7-15(4)23-20(25)13-27-21(26)19(12-22)11-18-10-16(5)24(17(18)6)9-8-14(2)3/h10-11,14-15H,7-9,13H2,1-6H3,(H,23,25)/b19-11+.